The lowest BCUT2D eigenvalue weighted by Gasteiger charge is -2.08. The van der Waals surface area contributed by atoms with Crippen LogP contribution in [0.2, 0.25) is 0 Å². The summed E-state index contributed by atoms with van der Waals surface area (Å²) in [7, 11) is 0. The van der Waals surface area contributed by atoms with Gasteiger partial charge in [-0.1, -0.05) is 24.3 Å². The third-order valence-electron chi connectivity index (χ3n) is 1.65. The summed E-state index contributed by atoms with van der Waals surface area (Å²) in [5.41, 5.74) is 0.594. The molecule has 0 aliphatic carbocycles. The Hall–Kier alpha value is -0.770. The fourth-order valence-corrected chi connectivity index (χ4v) is 1.19. The van der Waals surface area contributed by atoms with Crippen molar-refractivity contribution < 1.29 is 13.6 Å². The van der Waals surface area contributed by atoms with Crippen molar-refractivity contribution in [3.05, 3.63) is 35.4 Å². The molecule has 70 valence electrons. The number of benzene rings is 1. The number of carbonyl (C=O) groups is 1. The smallest absolute Gasteiger partial charge is 0.286 e. The highest BCUT2D eigenvalue weighted by Gasteiger charge is 2.36. The average Bonchev–Trinajstić information content (AvgIpc) is 2.02. The molecule has 0 heterocycles. The molecule has 0 aromatic heterocycles. The van der Waals surface area contributed by atoms with Crippen molar-refractivity contribution >= 4 is 21.7 Å². The molecule has 0 fully saturated rings. The maximum Gasteiger partial charge on any atom is 0.363 e. The Balaban J connectivity index is 3.10. The van der Waals surface area contributed by atoms with Gasteiger partial charge in [0.25, 0.3) is 0 Å². The van der Waals surface area contributed by atoms with E-state index in [-0.39, 0.29) is 5.56 Å². The fraction of sp³-hybridized carbons (Fsp3) is 0.222. The molecule has 1 aromatic carbocycles. The topological polar surface area (TPSA) is 17.1 Å². The van der Waals surface area contributed by atoms with Crippen LogP contribution in [-0.4, -0.2) is 10.6 Å². The average molecular weight is 249 g/mol. The van der Waals surface area contributed by atoms with Crippen molar-refractivity contribution in [2.45, 2.75) is 11.8 Å². The molecule has 0 spiro atoms. The molecule has 0 radical (unpaired) electrons. The van der Waals surface area contributed by atoms with Crippen molar-refractivity contribution in [1.82, 2.24) is 0 Å². The molecule has 0 unspecified atom stereocenters. The minimum absolute atomic E-state index is 0.0457. The first-order valence-electron chi connectivity index (χ1n) is 3.60. The second-order valence-electron chi connectivity index (χ2n) is 2.64. The number of alkyl halides is 3. The maximum absolute atomic E-state index is 12.5. The van der Waals surface area contributed by atoms with E-state index in [2.05, 4.69) is 0 Å². The van der Waals surface area contributed by atoms with Gasteiger partial charge in [-0.2, -0.15) is 8.78 Å². The van der Waals surface area contributed by atoms with E-state index in [0.717, 1.165) is 0 Å². The summed E-state index contributed by atoms with van der Waals surface area (Å²) in [5.74, 6) is -1.20. The molecule has 0 saturated carbocycles. The van der Waals surface area contributed by atoms with Crippen LogP contribution >= 0.6 is 15.9 Å². The third kappa shape index (κ3) is 2.34. The van der Waals surface area contributed by atoms with Gasteiger partial charge in [0.1, 0.15) is 0 Å². The molecule has 0 aliphatic rings. The molecule has 0 amide bonds. The maximum atomic E-state index is 12.5. The van der Waals surface area contributed by atoms with Gasteiger partial charge in [-0.3, -0.25) is 4.79 Å². The van der Waals surface area contributed by atoms with Gasteiger partial charge in [0.15, 0.2) is 0 Å². The zero-order valence-electron chi connectivity index (χ0n) is 6.85. The summed E-state index contributed by atoms with van der Waals surface area (Å²) >= 11 is 2.03. The minimum Gasteiger partial charge on any atom is -0.286 e. The lowest BCUT2D eigenvalue weighted by molar-refractivity contribution is 0.0592. The summed E-state index contributed by atoms with van der Waals surface area (Å²) in [4.78, 5) is 7.62. The highest BCUT2D eigenvalue weighted by Crippen LogP contribution is 2.27. The largest absolute Gasteiger partial charge is 0.363 e. The summed E-state index contributed by atoms with van der Waals surface area (Å²) in [6.07, 6.45) is 0. The normalized spacial score (nSPS) is 11.4. The fourth-order valence-electron chi connectivity index (χ4n) is 0.980. The summed E-state index contributed by atoms with van der Waals surface area (Å²) in [6.45, 7) is 1.62. The van der Waals surface area contributed by atoms with Gasteiger partial charge in [-0.05, 0) is 28.4 Å². The zero-order chi connectivity index (χ0) is 10.1. The predicted octanol–water partition coefficient (Wildman–Crippen LogP) is 3.17. The van der Waals surface area contributed by atoms with E-state index < -0.39 is 10.6 Å². The van der Waals surface area contributed by atoms with Crippen molar-refractivity contribution in [1.29, 1.82) is 0 Å². The number of rotatable bonds is 2. The van der Waals surface area contributed by atoms with Crippen LogP contribution < -0.4 is 0 Å². The van der Waals surface area contributed by atoms with E-state index in [1.807, 2.05) is 15.9 Å². The van der Waals surface area contributed by atoms with Gasteiger partial charge in [-0.25, -0.2) is 0 Å². The van der Waals surface area contributed by atoms with Gasteiger partial charge in [0.2, 0.25) is 5.78 Å². The van der Waals surface area contributed by atoms with Crippen molar-refractivity contribution in [2.24, 2.45) is 0 Å². The monoisotopic (exact) mass is 248 g/mol. The minimum atomic E-state index is -3.47. The molecular formula is C9H7BrF2O. The van der Waals surface area contributed by atoms with E-state index >= 15 is 0 Å². The van der Waals surface area contributed by atoms with Crippen LogP contribution in [0.5, 0.6) is 0 Å². The van der Waals surface area contributed by atoms with Crippen LogP contribution in [-0.2, 0) is 0 Å². The number of hydrogen-bond donors (Lipinski definition) is 0. The molecule has 1 nitrogen and oxygen atoms in total. The van der Waals surface area contributed by atoms with Gasteiger partial charge < -0.3 is 0 Å². The first-order chi connectivity index (χ1) is 5.93. The van der Waals surface area contributed by atoms with E-state index in [4.69, 9.17) is 0 Å². The molecule has 0 atom stereocenters. The lowest BCUT2D eigenvalue weighted by Crippen LogP contribution is -2.21. The van der Waals surface area contributed by atoms with Gasteiger partial charge in [0.05, 0.1) is 0 Å². The van der Waals surface area contributed by atoms with E-state index in [0.29, 0.717) is 5.56 Å². The molecule has 0 aliphatic heterocycles. The van der Waals surface area contributed by atoms with Gasteiger partial charge >= 0.3 is 4.83 Å². The molecular weight excluding hydrogens is 242 g/mol. The molecule has 1 rings (SSSR count). The Morgan fingerprint density at radius 2 is 1.92 bits per heavy atom. The molecule has 0 bridgehead atoms. The highest BCUT2D eigenvalue weighted by atomic mass is 79.9. The van der Waals surface area contributed by atoms with Gasteiger partial charge in [-0.15, -0.1) is 0 Å². The highest BCUT2D eigenvalue weighted by molar-refractivity contribution is 9.10. The molecule has 13 heavy (non-hydrogen) atoms. The number of halogens is 3. The number of aryl methyl sites for hydroxylation is 1. The van der Waals surface area contributed by atoms with Crippen molar-refractivity contribution in [3.8, 4) is 0 Å². The second-order valence-corrected chi connectivity index (χ2v) is 3.64. The quantitative estimate of drug-likeness (QED) is 0.581. The van der Waals surface area contributed by atoms with Crippen LogP contribution in [0.1, 0.15) is 15.9 Å². The van der Waals surface area contributed by atoms with Crippen molar-refractivity contribution in [3.63, 3.8) is 0 Å². The third-order valence-corrected chi connectivity index (χ3v) is 2.01. The van der Waals surface area contributed by atoms with E-state index in [9.17, 15) is 13.6 Å². The van der Waals surface area contributed by atoms with Crippen molar-refractivity contribution in [2.75, 3.05) is 0 Å². The van der Waals surface area contributed by atoms with Crippen LogP contribution in [0.15, 0.2) is 24.3 Å². The molecule has 4 heteroatoms. The standard InChI is InChI=1S/C9H7BrF2O/c1-6-4-2-3-5-7(6)8(13)9(10,11)12/h2-5H,1H3. The molecule has 0 saturated heterocycles. The Labute approximate surface area is 82.9 Å². The number of hydrogen-bond acceptors (Lipinski definition) is 1. The predicted molar refractivity (Wildman–Crippen MR) is 49.4 cm³/mol. The van der Waals surface area contributed by atoms with E-state index in [1.165, 1.54) is 6.07 Å². The van der Waals surface area contributed by atoms with Crippen LogP contribution in [0.25, 0.3) is 0 Å². The summed E-state index contributed by atoms with van der Waals surface area (Å²) in [5, 5.41) is 0. The molecule has 1 aromatic rings. The van der Waals surface area contributed by atoms with E-state index in [1.54, 1.807) is 25.1 Å². The lowest BCUT2D eigenvalue weighted by atomic mass is 10.1. The first-order valence-corrected chi connectivity index (χ1v) is 4.39. The first kappa shape index (κ1) is 10.3. The Morgan fingerprint density at radius 3 is 2.38 bits per heavy atom. The van der Waals surface area contributed by atoms with Crippen LogP contribution in [0.4, 0.5) is 8.78 Å². The summed E-state index contributed by atoms with van der Waals surface area (Å²) < 4.78 is 25.1. The second kappa shape index (κ2) is 3.54. The zero-order valence-corrected chi connectivity index (χ0v) is 8.44. The van der Waals surface area contributed by atoms with Crippen LogP contribution in [0, 0.1) is 6.92 Å². The number of Topliss-reactive ketones (excluding diaryl/α,β-unsaturated/α-hetero) is 1. The Morgan fingerprint density at radius 1 is 1.38 bits per heavy atom. The number of ketones is 1. The SMILES string of the molecule is Cc1ccccc1C(=O)C(F)(F)Br. The summed E-state index contributed by atoms with van der Waals surface area (Å²) in [6, 6.07) is 6.25. The van der Waals surface area contributed by atoms with Crippen LogP contribution in [0.3, 0.4) is 0 Å². The Bertz CT molecular complexity index is 331. The molecule has 0 N–H and O–H groups in total. The number of carbonyl (C=O) groups excluding carboxylic acids is 1. The Kier molecular flexibility index (Phi) is 2.81. The van der Waals surface area contributed by atoms with Gasteiger partial charge in [0, 0.05) is 5.56 Å².